The van der Waals surface area contributed by atoms with Crippen LogP contribution < -0.4 is 19.6 Å². The molecule has 1 aromatic heterocycles. The molecular weight excluding hydrogens is 457 g/mol. The van der Waals surface area contributed by atoms with Crippen LogP contribution in [0.1, 0.15) is 32.4 Å². The van der Waals surface area contributed by atoms with Gasteiger partial charge in [-0.25, -0.2) is 4.79 Å². The molecule has 0 bridgehead atoms. The number of carbonyl (C=O) groups excluding carboxylic acids is 1. The molecule has 0 saturated heterocycles. The molecule has 10 heteroatoms. The van der Waals surface area contributed by atoms with E-state index in [0.717, 1.165) is 12.5 Å². The molecule has 0 unspecified atom stereocenters. The van der Waals surface area contributed by atoms with Crippen molar-refractivity contribution in [2.24, 2.45) is 0 Å². The van der Waals surface area contributed by atoms with Crippen LogP contribution in [0.5, 0.6) is 23.0 Å². The molecule has 0 aliphatic heterocycles. The third kappa shape index (κ3) is 6.00. The first-order valence-corrected chi connectivity index (χ1v) is 10.6. The van der Waals surface area contributed by atoms with Crippen molar-refractivity contribution in [1.29, 1.82) is 0 Å². The predicted octanol–water partition coefficient (Wildman–Crippen LogP) is 5.72. The van der Waals surface area contributed by atoms with E-state index in [0.29, 0.717) is 6.42 Å². The van der Waals surface area contributed by atoms with Crippen molar-refractivity contribution in [1.82, 2.24) is 0 Å². The number of hydrogen-bond donors (Lipinski definition) is 0. The first-order valence-electron chi connectivity index (χ1n) is 10.6. The number of fused-ring (bicyclic) bond motifs is 1. The van der Waals surface area contributed by atoms with Gasteiger partial charge in [-0.1, -0.05) is 25.5 Å². The zero-order valence-electron chi connectivity index (χ0n) is 18.6. The Morgan fingerprint density at radius 1 is 1.03 bits per heavy atom. The van der Waals surface area contributed by atoms with Gasteiger partial charge in [0.15, 0.2) is 18.1 Å². The quantitative estimate of drug-likeness (QED) is 0.271. The minimum atomic E-state index is -5.02. The molecular formula is C24H23F3O7. The van der Waals surface area contributed by atoms with Crippen molar-refractivity contribution < 1.29 is 41.3 Å². The minimum Gasteiger partial charge on any atom is -0.490 e. The second-order valence-corrected chi connectivity index (χ2v) is 7.09. The van der Waals surface area contributed by atoms with Crippen molar-refractivity contribution in [3.63, 3.8) is 0 Å². The van der Waals surface area contributed by atoms with Gasteiger partial charge in [0.25, 0.3) is 5.76 Å². The Hall–Kier alpha value is -3.69. The van der Waals surface area contributed by atoms with Gasteiger partial charge in [0.05, 0.1) is 18.6 Å². The van der Waals surface area contributed by atoms with Gasteiger partial charge in [-0.3, -0.25) is 4.79 Å². The second-order valence-electron chi connectivity index (χ2n) is 7.09. The van der Waals surface area contributed by atoms with Gasteiger partial charge in [-0.15, -0.1) is 0 Å². The molecule has 3 rings (SSSR count). The average Bonchev–Trinajstić information content (AvgIpc) is 2.80. The van der Waals surface area contributed by atoms with Crippen molar-refractivity contribution in [2.45, 2.75) is 32.9 Å². The molecule has 182 valence electrons. The van der Waals surface area contributed by atoms with E-state index >= 15 is 0 Å². The van der Waals surface area contributed by atoms with Gasteiger partial charge < -0.3 is 23.4 Å². The van der Waals surface area contributed by atoms with Gasteiger partial charge in [0.1, 0.15) is 11.3 Å². The van der Waals surface area contributed by atoms with Crippen molar-refractivity contribution >= 4 is 16.9 Å². The lowest BCUT2D eigenvalue weighted by Gasteiger charge is -2.15. The lowest BCUT2D eigenvalue weighted by atomic mass is 10.2. The summed E-state index contributed by atoms with van der Waals surface area (Å²) in [7, 11) is 0. The smallest absolute Gasteiger partial charge is 0.453 e. The van der Waals surface area contributed by atoms with E-state index in [9.17, 15) is 22.8 Å². The lowest BCUT2D eigenvalue weighted by Crippen LogP contribution is -2.16. The monoisotopic (exact) mass is 480 g/mol. The number of para-hydroxylation sites is 2. The summed E-state index contributed by atoms with van der Waals surface area (Å²) in [4.78, 5) is 24.6. The fraction of sp³-hybridized carbons (Fsp3) is 0.333. The van der Waals surface area contributed by atoms with Crippen LogP contribution >= 0.6 is 0 Å². The van der Waals surface area contributed by atoms with E-state index in [1.165, 1.54) is 30.3 Å². The summed E-state index contributed by atoms with van der Waals surface area (Å²) < 4.78 is 67.3. The highest BCUT2D eigenvalue weighted by Crippen LogP contribution is 2.40. The Morgan fingerprint density at radius 3 is 2.44 bits per heavy atom. The largest absolute Gasteiger partial charge is 0.490 e. The number of ether oxygens (including phenoxy) is 4. The SMILES string of the molecule is CCCCOC(=O)COc1ccc2c(=O)c(Oc3ccccc3OCC)c(C(F)(F)F)oc2c1. The maximum atomic E-state index is 13.8. The van der Waals surface area contributed by atoms with Crippen LogP contribution in [0.2, 0.25) is 0 Å². The number of benzene rings is 2. The van der Waals surface area contributed by atoms with Crippen molar-refractivity contribution in [2.75, 3.05) is 19.8 Å². The lowest BCUT2D eigenvalue weighted by molar-refractivity contribution is -0.154. The summed E-state index contributed by atoms with van der Waals surface area (Å²) in [6.45, 7) is 3.69. The van der Waals surface area contributed by atoms with E-state index in [-0.39, 0.29) is 41.4 Å². The molecule has 0 radical (unpaired) electrons. The van der Waals surface area contributed by atoms with E-state index in [1.54, 1.807) is 13.0 Å². The standard InChI is InChI=1S/C24H23F3O7/c1-3-5-12-31-20(28)14-32-15-10-11-16-19(13-15)34-23(24(25,26)27)22(21(16)29)33-18-9-7-6-8-17(18)30-4-2/h6-11,13H,3-5,12,14H2,1-2H3. The summed E-state index contributed by atoms with van der Waals surface area (Å²) in [5.41, 5.74) is -1.40. The zero-order valence-corrected chi connectivity index (χ0v) is 18.6. The Bertz CT molecular complexity index is 1200. The van der Waals surface area contributed by atoms with E-state index in [2.05, 4.69) is 0 Å². The minimum absolute atomic E-state index is 0.0339. The van der Waals surface area contributed by atoms with Gasteiger partial charge in [-0.2, -0.15) is 13.2 Å². The summed E-state index contributed by atoms with van der Waals surface area (Å²) >= 11 is 0. The Morgan fingerprint density at radius 2 is 1.76 bits per heavy atom. The fourth-order valence-electron chi connectivity index (χ4n) is 2.96. The molecule has 1 heterocycles. The second kappa shape index (κ2) is 11.0. The summed E-state index contributed by atoms with van der Waals surface area (Å²) in [6.07, 6.45) is -3.47. The van der Waals surface area contributed by atoms with Gasteiger partial charge in [0, 0.05) is 6.07 Å². The number of halogens is 3. The van der Waals surface area contributed by atoms with Crippen molar-refractivity contribution in [3.05, 3.63) is 58.4 Å². The highest BCUT2D eigenvalue weighted by Gasteiger charge is 2.40. The first-order chi connectivity index (χ1) is 16.2. The highest BCUT2D eigenvalue weighted by atomic mass is 19.4. The Balaban J connectivity index is 1.95. The maximum Gasteiger partial charge on any atom is 0.453 e. The maximum absolute atomic E-state index is 13.8. The van der Waals surface area contributed by atoms with Crippen LogP contribution in [0.25, 0.3) is 11.0 Å². The topological polar surface area (TPSA) is 84.2 Å². The first kappa shape index (κ1) is 24.9. The number of esters is 1. The molecule has 2 aromatic carbocycles. The molecule has 34 heavy (non-hydrogen) atoms. The average molecular weight is 480 g/mol. The number of unbranched alkanes of at least 4 members (excludes halogenated alkanes) is 1. The predicted molar refractivity (Wildman–Crippen MR) is 117 cm³/mol. The van der Waals surface area contributed by atoms with Gasteiger partial charge in [0.2, 0.25) is 11.2 Å². The number of hydrogen-bond acceptors (Lipinski definition) is 7. The van der Waals surface area contributed by atoms with Crippen LogP contribution in [0.4, 0.5) is 13.2 Å². The third-order valence-electron chi connectivity index (χ3n) is 4.56. The molecule has 0 saturated carbocycles. The molecule has 7 nitrogen and oxygen atoms in total. The summed E-state index contributed by atoms with van der Waals surface area (Å²) in [5, 5.41) is -0.158. The molecule has 0 aliphatic rings. The van der Waals surface area contributed by atoms with Crippen LogP contribution in [0, 0.1) is 0 Å². The van der Waals surface area contributed by atoms with Crippen LogP contribution in [-0.4, -0.2) is 25.8 Å². The van der Waals surface area contributed by atoms with Gasteiger partial charge in [-0.05, 0) is 37.6 Å². The molecule has 0 spiro atoms. The third-order valence-corrected chi connectivity index (χ3v) is 4.56. The fourth-order valence-corrected chi connectivity index (χ4v) is 2.96. The molecule has 0 aliphatic carbocycles. The summed E-state index contributed by atoms with van der Waals surface area (Å²) in [6, 6.07) is 9.71. The molecule has 3 aromatic rings. The number of alkyl halides is 3. The number of rotatable bonds is 10. The van der Waals surface area contributed by atoms with E-state index in [4.69, 9.17) is 23.4 Å². The van der Waals surface area contributed by atoms with Crippen molar-refractivity contribution in [3.8, 4) is 23.0 Å². The van der Waals surface area contributed by atoms with E-state index in [1.807, 2.05) is 6.92 Å². The summed E-state index contributed by atoms with van der Waals surface area (Å²) in [5.74, 6) is -3.10. The molecule has 0 N–H and O–H groups in total. The molecule has 0 amide bonds. The van der Waals surface area contributed by atoms with Crippen LogP contribution in [-0.2, 0) is 15.7 Å². The zero-order chi connectivity index (χ0) is 24.7. The molecule has 0 fully saturated rings. The number of carbonyl (C=O) groups is 1. The highest BCUT2D eigenvalue weighted by molar-refractivity contribution is 5.80. The molecule has 0 atom stereocenters. The van der Waals surface area contributed by atoms with Crippen LogP contribution in [0.3, 0.4) is 0 Å². The van der Waals surface area contributed by atoms with Crippen LogP contribution in [0.15, 0.2) is 51.7 Å². The Kier molecular flexibility index (Phi) is 8.04. The normalized spacial score (nSPS) is 11.3. The van der Waals surface area contributed by atoms with E-state index < -0.39 is 35.7 Å². The van der Waals surface area contributed by atoms with Gasteiger partial charge >= 0.3 is 12.1 Å². The Labute approximate surface area is 193 Å².